The van der Waals surface area contributed by atoms with Crippen molar-refractivity contribution in [3.05, 3.63) is 18.0 Å². The number of aromatic nitrogens is 2. The van der Waals surface area contributed by atoms with Gasteiger partial charge in [0.05, 0.1) is 17.2 Å². The van der Waals surface area contributed by atoms with Crippen molar-refractivity contribution in [2.45, 2.75) is 65.8 Å². The minimum Gasteiger partial charge on any atom is -0.270 e. The molecule has 1 aliphatic rings. The Balaban J connectivity index is 2.09. The highest BCUT2D eigenvalue weighted by Crippen LogP contribution is 2.46. The van der Waals surface area contributed by atoms with Gasteiger partial charge in [0.25, 0.3) is 0 Å². The second kappa shape index (κ2) is 5.00. The zero-order valence-electron chi connectivity index (χ0n) is 12.6. The summed E-state index contributed by atoms with van der Waals surface area (Å²) in [6.07, 6.45) is 7.13. The van der Waals surface area contributed by atoms with Crippen molar-refractivity contribution in [1.82, 2.24) is 9.78 Å². The average Bonchev–Trinajstić information content (AvgIpc) is 2.81. The molecular weight excluding hydrogens is 234 g/mol. The molecule has 1 aromatic heterocycles. The molecule has 0 N–H and O–H groups in total. The third-order valence-electron chi connectivity index (χ3n) is 4.51. The highest BCUT2D eigenvalue weighted by atomic mass is 15.3. The molecule has 0 saturated heterocycles. The largest absolute Gasteiger partial charge is 0.270 e. The summed E-state index contributed by atoms with van der Waals surface area (Å²) in [7, 11) is 0. The lowest BCUT2D eigenvalue weighted by Gasteiger charge is -2.39. The normalized spacial score (nSPS) is 21.3. The lowest BCUT2D eigenvalue weighted by molar-refractivity contribution is 0.145. The van der Waals surface area contributed by atoms with Crippen molar-refractivity contribution in [2.24, 2.45) is 10.8 Å². The topological polar surface area (TPSA) is 41.6 Å². The Kier molecular flexibility index (Phi) is 3.71. The van der Waals surface area contributed by atoms with Crippen LogP contribution in [0.2, 0.25) is 0 Å². The van der Waals surface area contributed by atoms with E-state index in [9.17, 15) is 5.26 Å². The van der Waals surface area contributed by atoms with Gasteiger partial charge in [-0.2, -0.15) is 10.4 Å². The van der Waals surface area contributed by atoms with Gasteiger partial charge in [-0.3, -0.25) is 4.68 Å². The summed E-state index contributed by atoms with van der Waals surface area (Å²) in [4.78, 5) is 0. The van der Waals surface area contributed by atoms with E-state index in [2.05, 4.69) is 44.9 Å². The highest BCUT2D eigenvalue weighted by Gasteiger charge is 2.39. The molecular formula is C16H25N3. The van der Waals surface area contributed by atoms with Crippen molar-refractivity contribution < 1.29 is 0 Å². The van der Waals surface area contributed by atoms with Crippen molar-refractivity contribution >= 4 is 0 Å². The molecule has 2 rings (SSSR count). The van der Waals surface area contributed by atoms with E-state index in [1.165, 1.54) is 0 Å². The fraction of sp³-hybridized carbons (Fsp3) is 0.750. The van der Waals surface area contributed by atoms with Crippen LogP contribution in [0.25, 0.3) is 0 Å². The molecule has 1 aromatic rings. The van der Waals surface area contributed by atoms with E-state index in [4.69, 9.17) is 0 Å². The first-order valence-electron chi connectivity index (χ1n) is 7.31. The fourth-order valence-corrected chi connectivity index (χ4v) is 2.84. The smallest absolute Gasteiger partial charge is 0.0693 e. The van der Waals surface area contributed by atoms with Crippen LogP contribution in [0.5, 0.6) is 0 Å². The van der Waals surface area contributed by atoms with Crippen LogP contribution in [0.4, 0.5) is 0 Å². The molecule has 19 heavy (non-hydrogen) atoms. The maximum Gasteiger partial charge on any atom is 0.0693 e. The first-order chi connectivity index (χ1) is 8.86. The van der Waals surface area contributed by atoms with Gasteiger partial charge in [-0.15, -0.1) is 0 Å². The van der Waals surface area contributed by atoms with Crippen molar-refractivity contribution in [2.75, 3.05) is 0 Å². The molecule has 1 heterocycles. The Hall–Kier alpha value is -1.30. The predicted molar refractivity (Wildman–Crippen MR) is 76.6 cm³/mol. The third-order valence-corrected chi connectivity index (χ3v) is 4.51. The first-order valence-corrected chi connectivity index (χ1v) is 7.31. The summed E-state index contributed by atoms with van der Waals surface area (Å²) in [6, 6.07) is 5.05. The van der Waals surface area contributed by atoms with Crippen LogP contribution >= 0.6 is 0 Å². The summed E-state index contributed by atoms with van der Waals surface area (Å²) in [5.41, 5.74) is 1.28. The summed E-state index contributed by atoms with van der Waals surface area (Å²) in [5, 5.41) is 14.2. The van der Waals surface area contributed by atoms with Gasteiger partial charge in [0.1, 0.15) is 0 Å². The van der Waals surface area contributed by atoms with Crippen LogP contribution < -0.4 is 0 Å². The number of nitriles is 1. The Morgan fingerprint density at radius 3 is 2.42 bits per heavy atom. The Morgan fingerprint density at radius 1 is 1.32 bits per heavy atom. The number of rotatable bonds is 3. The molecule has 1 aliphatic carbocycles. The minimum absolute atomic E-state index is 0.189. The summed E-state index contributed by atoms with van der Waals surface area (Å²) in [6.45, 7) is 8.86. The van der Waals surface area contributed by atoms with Gasteiger partial charge in [-0.05, 0) is 51.0 Å². The second-order valence-corrected chi connectivity index (χ2v) is 7.11. The van der Waals surface area contributed by atoms with Crippen molar-refractivity contribution in [3.63, 3.8) is 0 Å². The van der Waals surface area contributed by atoms with E-state index >= 15 is 0 Å². The zero-order chi connectivity index (χ0) is 14.1. The van der Waals surface area contributed by atoms with Crippen molar-refractivity contribution in [1.29, 1.82) is 5.26 Å². The molecule has 104 valence electrons. The molecule has 0 atom stereocenters. The molecule has 0 unspecified atom stereocenters. The van der Waals surface area contributed by atoms with Crippen LogP contribution in [0, 0.1) is 22.2 Å². The lowest BCUT2D eigenvalue weighted by Crippen LogP contribution is -2.32. The maximum atomic E-state index is 9.60. The van der Waals surface area contributed by atoms with E-state index in [1.807, 2.05) is 10.9 Å². The van der Waals surface area contributed by atoms with E-state index in [-0.39, 0.29) is 5.41 Å². The van der Waals surface area contributed by atoms with E-state index < -0.39 is 0 Å². The van der Waals surface area contributed by atoms with E-state index in [0.29, 0.717) is 11.5 Å². The standard InChI is InChI=1S/C16H25N3/c1-13(2)19-10-5-14(18-19)11-16(12-17)8-6-15(3,4)7-9-16/h5,10,13H,6-9,11H2,1-4H3. The van der Waals surface area contributed by atoms with Crippen LogP contribution in [-0.4, -0.2) is 9.78 Å². The van der Waals surface area contributed by atoms with E-state index in [1.54, 1.807) is 0 Å². The Labute approximate surface area is 116 Å². The van der Waals surface area contributed by atoms with Gasteiger partial charge in [-0.1, -0.05) is 13.8 Å². The minimum atomic E-state index is -0.189. The van der Waals surface area contributed by atoms with Gasteiger partial charge < -0.3 is 0 Å². The SMILES string of the molecule is CC(C)n1ccc(CC2(C#N)CCC(C)(C)CC2)n1. The molecule has 3 heteroatoms. The predicted octanol–water partition coefficient (Wildman–Crippen LogP) is 4.12. The van der Waals surface area contributed by atoms with Crippen LogP contribution in [-0.2, 0) is 6.42 Å². The van der Waals surface area contributed by atoms with Crippen molar-refractivity contribution in [3.8, 4) is 6.07 Å². The van der Waals surface area contributed by atoms with Crippen LogP contribution in [0.3, 0.4) is 0 Å². The average molecular weight is 259 g/mol. The summed E-state index contributed by atoms with van der Waals surface area (Å²) < 4.78 is 1.98. The number of nitrogens with zero attached hydrogens (tertiary/aromatic N) is 3. The van der Waals surface area contributed by atoms with Gasteiger partial charge in [0, 0.05) is 18.7 Å². The molecule has 3 nitrogen and oxygen atoms in total. The summed E-state index contributed by atoms with van der Waals surface area (Å²) in [5.74, 6) is 0. The number of hydrogen-bond acceptors (Lipinski definition) is 2. The lowest BCUT2D eigenvalue weighted by atomic mass is 9.64. The van der Waals surface area contributed by atoms with Crippen LogP contribution in [0.1, 0.15) is 65.1 Å². The Morgan fingerprint density at radius 2 is 1.95 bits per heavy atom. The maximum absolute atomic E-state index is 9.60. The van der Waals surface area contributed by atoms with Crippen LogP contribution in [0.15, 0.2) is 12.3 Å². The van der Waals surface area contributed by atoms with Gasteiger partial charge in [-0.25, -0.2) is 0 Å². The first kappa shape index (κ1) is 14.1. The molecule has 0 aliphatic heterocycles. The quantitative estimate of drug-likeness (QED) is 0.819. The molecule has 1 fully saturated rings. The fourth-order valence-electron chi connectivity index (χ4n) is 2.84. The molecule has 0 bridgehead atoms. The molecule has 0 spiro atoms. The highest BCUT2D eigenvalue weighted by molar-refractivity contribution is 5.12. The molecule has 0 aromatic carbocycles. The summed E-state index contributed by atoms with van der Waals surface area (Å²) >= 11 is 0. The zero-order valence-corrected chi connectivity index (χ0v) is 12.6. The van der Waals surface area contributed by atoms with Gasteiger partial charge in [0.15, 0.2) is 0 Å². The molecule has 1 saturated carbocycles. The van der Waals surface area contributed by atoms with E-state index in [0.717, 1.165) is 37.8 Å². The molecule has 0 amide bonds. The van der Waals surface area contributed by atoms with Gasteiger partial charge >= 0.3 is 0 Å². The number of hydrogen-bond donors (Lipinski definition) is 0. The second-order valence-electron chi connectivity index (χ2n) is 7.11. The monoisotopic (exact) mass is 259 g/mol. The third kappa shape index (κ3) is 3.18. The molecule has 0 radical (unpaired) electrons. The Bertz CT molecular complexity index is 466. The van der Waals surface area contributed by atoms with Gasteiger partial charge in [0.2, 0.25) is 0 Å².